The van der Waals surface area contributed by atoms with Crippen LogP contribution in [0.2, 0.25) is 0 Å². The van der Waals surface area contributed by atoms with Crippen molar-refractivity contribution in [3.63, 3.8) is 0 Å². The predicted octanol–water partition coefficient (Wildman–Crippen LogP) is 2.17. The molecular weight excluding hydrogens is 210 g/mol. The van der Waals surface area contributed by atoms with E-state index in [0.29, 0.717) is 11.3 Å². The lowest BCUT2D eigenvalue weighted by molar-refractivity contribution is 0.403. The van der Waals surface area contributed by atoms with Gasteiger partial charge in [0, 0.05) is 4.86 Å². The summed E-state index contributed by atoms with van der Waals surface area (Å²) in [6.45, 7) is 1.73. The van der Waals surface area contributed by atoms with Crippen molar-refractivity contribution >= 4 is 17.1 Å². The lowest BCUT2D eigenvalue weighted by atomic mass is 9.98. The van der Waals surface area contributed by atoms with Crippen LogP contribution in [-0.4, -0.2) is 15.1 Å². The van der Waals surface area contributed by atoms with Gasteiger partial charge in [0.25, 0.3) is 0 Å². The van der Waals surface area contributed by atoms with Crippen LogP contribution in [-0.2, 0) is 6.42 Å². The van der Waals surface area contributed by atoms with Gasteiger partial charge in [0.2, 0.25) is 0 Å². The summed E-state index contributed by atoms with van der Waals surface area (Å²) in [7, 11) is 0. The number of nitriles is 1. The summed E-state index contributed by atoms with van der Waals surface area (Å²) in [5.41, 5.74) is 0.779. The van der Waals surface area contributed by atoms with E-state index in [2.05, 4.69) is 6.07 Å². The van der Waals surface area contributed by atoms with Crippen molar-refractivity contribution in [1.82, 2.24) is 0 Å². The molecule has 0 heterocycles. The van der Waals surface area contributed by atoms with Gasteiger partial charge in [-0.2, -0.15) is 5.26 Å². The topological polar surface area (TPSA) is 64.2 Å². The van der Waals surface area contributed by atoms with Gasteiger partial charge in [-0.25, -0.2) is 0 Å². The molecule has 15 heavy (non-hydrogen) atoms. The lowest BCUT2D eigenvalue weighted by Crippen LogP contribution is -2.09. The van der Waals surface area contributed by atoms with Crippen molar-refractivity contribution in [2.75, 3.05) is 0 Å². The van der Waals surface area contributed by atoms with E-state index in [4.69, 9.17) is 22.6 Å². The molecule has 78 valence electrons. The molecule has 0 aliphatic heterocycles. The van der Waals surface area contributed by atoms with Crippen LogP contribution < -0.4 is 0 Å². The summed E-state index contributed by atoms with van der Waals surface area (Å²) in [4.78, 5) is 0.630. The van der Waals surface area contributed by atoms with Crippen molar-refractivity contribution in [2.24, 2.45) is 5.92 Å². The number of nitrogens with zero attached hydrogens (tertiary/aromatic N) is 1. The zero-order valence-electron chi connectivity index (χ0n) is 8.27. The van der Waals surface area contributed by atoms with Crippen LogP contribution in [0.25, 0.3) is 0 Å². The van der Waals surface area contributed by atoms with E-state index in [0.717, 1.165) is 5.56 Å². The maximum atomic E-state index is 9.26. The Morgan fingerprint density at radius 1 is 1.47 bits per heavy atom. The molecule has 1 unspecified atom stereocenters. The molecule has 1 aromatic carbocycles. The van der Waals surface area contributed by atoms with E-state index in [9.17, 15) is 5.11 Å². The van der Waals surface area contributed by atoms with Crippen molar-refractivity contribution in [3.05, 3.63) is 23.8 Å². The zero-order valence-corrected chi connectivity index (χ0v) is 9.08. The molecule has 0 bridgehead atoms. The fraction of sp³-hybridized carbons (Fsp3) is 0.273. The molecule has 0 aromatic heterocycles. The lowest BCUT2D eigenvalue weighted by Gasteiger charge is -2.07. The molecule has 0 aliphatic carbocycles. The highest BCUT2D eigenvalue weighted by Gasteiger charge is 2.11. The Kier molecular flexibility index (Phi) is 3.64. The monoisotopic (exact) mass is 221 g/mol. The number of benzene rings is 1. The smallest absolute Gasteiger partial charge is 0.157 e. The summed E-state index contributed by atoms with van der Waals surface area (Å²) in [5, 5.41) is 27.2. The minimum atomic E-state index is -0.330. The SMILES string of the molecule is CC(=S)C(C#N)Cc1ccc(O)c(O)c1. The third-order valence-corrected chi connectivity index (χ3v) is 2.41. The van der Waals surface area contributed by atoms with E-state index in [1.54, 1.807) is 13.0 Å². The quantitative estimate of drug-likeness (QED) is 0.606. The van der Waals surface area contributed by atoms with Crippen molar-refractivity contribution in [1.29, 1.82) is 5.26 Å². The Morgan fingerprint density at radius 2 is 2.13 bits per heavy atom. The molecule has 0 spiro atoms. The van der Waals surface area contributed by atoms with Gasteiger partial charge in [-0.05, 0) is 31.0 Å². The van der Waals surface area contributed by atoms with E-state index >= 15 is 0 Å². The standard InChI is InChI=1S/C11H11NO2S/c1-7(15)9(6-12)4-8-2-3-10(13)11(14)5-8/h2-3,5,9,13-14H,4H2,1H3. The van der Waals surface area contributed by atoms with E-state index in [-0.39, 0.29) is 17.4 Å². The van der Waals surface area contributed by atoms with E-state index in [1.807, 2.05) is 0 Å². The fourth-order valence-corrected chi connectivity index (χ4v) is 1.35. The summed E-state index contributed by atoms with van der Waals surface area (Å²) < 4.78 is 0. The van der Waals surface area contributed by atoms with Crippen LogP contribution in [0.5, 0.6) is 11.5 Å². The zero-order chi connectivity index (χ0) is 11.4. The van der Waals surface area contributed by atoms with Gasteiger partial charge in [-0.3, -0.25) is 0 Å². The van der Waals surface area contributed by atoms with Gasteiger partial charge in [0.05, 0.1) is 12.0 Å². The molecule has 0 saturated carbocycles. The molecule has 2 N–H and O–H groups in total. The molecule has 0 amide bonds. The second-order valence-corrected chi connectivity index (χ2v) is 3.96. The second kappa shape index (κ2) is 4.76. The largest absolute Gasteiger partial charge is 0.504 e. The Morgan fingerprint density at radius 3 is 2.60 bits per heavy atom. The predicted molar refractivity (Wildman–Crippen MR) is 60.9 cm³/mol. The van der Waals surface area contributed by atoms with E-state index in [1.165, 1.54) is 12.1 Å². The minimum Gasteiger partial charge on any atom is -0.504 e. The second-order valence-electron chi connectivity index (χ2n) is 3.32. The number of phenols is 2. The van der Waals surface area contributed by atoms with Gasteiger partial charge in [-0.1, -0.05) is 18.3 Å². The average Bonchev–Trinajstić information content (AvgIpc) is 2.19. The normalized spacial score (nSPS) is 11.7. The van der Waals surface area contributed by atoms with Crippen LogP contribution >= 0.6 is 12.2 Å². The molecule has 0 saturated heterocycles. The number of hydrogen-bond acceptors (Lipinski definition) is 4. The number of thiocarbonyl (C=S) groups is 1. The van der Waals surface area contributed by atoms with Crippen molar-refractivity contribution in [3.8, 4) is 17.6 Å². The summed E-state index contributed by atoms with van der Waals surface area (Å²) in [5.74, 6) is -0.665. The van der Waals surface area contributed by atoms with Gasteiger partial charge in [0.1, 0.15) is 0 Å². The summed E-state index contributed by atoms with van der Waals surface area (Å²) in [6.07, 6.45) is 0.458. The van der Waals surface area contributed by atoms with Gasteiger partial charge < -0.3 is 10.2 Å². The van der Waals surface area contributed by atoms with Crippen LogP contribution in [0, 0.1) is 17.2 Å². The Bertz CT molecular complexity index is 423. The number of hydrogen-bond donors (Lipinski definition) is 2. The highest BCUT2D eigenvalue weighted by molar-refractivity contribution is 7.80. The fourth-order valence-electron chi connectivity index (χ4n) is 1.21. The Labute approximate surface area is 93.6 Å². The highest BCUT2D eigenvalue weighted by Crippen LogP contribution is 2.26. The van der Waals surface area contributed by atoms with E-state index < -0.39 is 0 Å². The molecular formula is C11H11NO2S. The first-order valence-corrected chi connectivity index (χ1v) is 4.86. The average molecular weight is 221 g/mol. The molecule has 4 heteroatoms. The van der Waals surface area contributed by atoms with Gasteiger partial charge >= 0.3 is 0 Å². The maximum absolute atomic E-state index is 9.26. The summed E-state index contributed by atoms with van der Waals surface area (Å²) in [6, 6.07) is 6.61. The van der Waals surface area contributed by atoms with Crippen LogP contribution in [0.15, 0.2) is 18.2 Å². The highest BCUT2D eigenvalue weighted by atomic mass is 32.1. The van der Waals surface area contributed by atoms with Crippen LogP contribution in [0.3, 0.4) is 0 Å². The molecule has 0 aliphatic rings. The van der Waals surface area contributed by atoms with Gasteiger partial charge in [0.15, 0.2) is 11.5 Å². The van der Waals surface area contributed by atoms with Crippen LogP contribution in [0.1, 0.15) is 12.5 Å². The third-order valence-electron chi connectivity index (χ3n) is 2.13. The molecule has 1 rings (SSSR count). The third kappa shape index (κ3) is 2.93. The molecule has 1 aromatic rings. The first-order valence-electron chi connectivity index (χ1n) is 4.45. The first-order chi connectivity index (χ1) is 7.04. The van der Waals surface area contributed by atoms with Gasteiger partial charge in [-0.15, -0.1) is 0 Å². The number of phenolic OH excluding ortho intramolecular Hbond substituents is 2. The molecule has 0 radical (unpaired) electrons. The minimum absolute atomic E-state index is 0.161. The summed E-state index contributed by atoms with van der Waals surface area (Å²) >= 11 is 4.94. The Hall–Kier alpha value is -1.60. The van der Waals surface area contributed by atoms with Crippen molar-refractivity contribution < 1.29 is 10.2 Å². The number of rotatable bonds is 3. The number of aromatic hydroxyl groups is 2. The van der Waals surface area contributed by atoms with Crippen LogP contribution in [0.4, 0.5) is 0 Å². The maximum Gasteiger partial charge on any atom is 0.157 e. The molecule has 1 atom stereocenters. The molecule has 0 fully saturated rings. The van der Waals surface area contributed by atoms with Crippen molar-refractivity contribution in [2.45, 2.75) is 13.3 Å². The first kappa shape index (κ1) is 11.5. The molecule has 3 nitrogen and oxygen atoms in total. The Balaban J connectivity index is 2.86.